The molecule has 0 saturated heterocycles. The third-order valence-corrected chi connectivity index (χ3v) is 5.34. The first kappa shape index (κ1) is 21.6. The zero-order valence-electron chi connectivity index (χ0n) is 17.2. The van der Waals surface area contributed by atoms with Gasteiger partial charge in [-0.15, -0.1) is 0 Å². The summed E-state index contributed by atoms with van der Waals surface area (Å²) in [5.41, 5.74) is 5.66. The number of carbonyl (C=O) groups is 1. The minimum Gasteiger partial charge on any atom is -0.399 e. The van der Waals surface area contributed by atoms with E-state index in [-0.39, 0.29) is 28.4 Å². The first-order valence-electron chi connectivity index (χ1n) is 10.1. The monoisotopic (exact) mass is 442 g/mol. The van der Waals surface area contributed by atoms with Crippen molar-refractivity contribution in [2.45, 2.75) is 37.9 Å². The Morgan fingerprint density at radius 1 is 1.16 bits per heavy atom. The molecule has 6 nitrogen and oxygen atoms in total. The summed E-state index contributed by atoms with van der Waals surface area (Å²) in [6.45, 7) is 1.56. The number of hydrogen-bond acceptors (Lipinski definition) is 4. The van der Waals surface area contributed by atoms with Crippen molar-refractivity contribution in [2.75, 3.05) is 5.73 Å². The standard InChI is InChI=1S/C23H21F3N4O2/c1-13(15-9-16(23(24,25)26)11-17(27)10-15)28-21(31)20-12-19(14-7-8-14)22(32)30(29-20)18-5-3-2-4-6-18/h2-6,9-14H,7-8,27H2,1H3,(H,28,31). The molecule has 2 aromatic carbocycles. The largest absolute Gasteiger partial charge is 0.416 e. The maximum atomic E-state index is 13.1. The van der Waals surface area contributed by atoms with E-state index >= 15 is 0 Å². The van der Waals surface area contributed by atoms with Gasteiger partial charge in [-0.2, -0.15) is 23.0 Å². The predicted molar refractivity (Wildman–Crippen MR) is 114 cm³/mol. The fraction of sp³-hybridized carbons (Fsp3) is 0.261. The van der Waals surface area contributed by atoms with Crippen LogP contribution in [0.1, 0.15) is 58.9 Å². The highest BCUT2D eigenvalue weighted by Crippen LogP contribution is 2.38. The summed E-state index contributed by atoms with van der Waals surface area (Å²) < 4.78 is 40.6. The second-order valence-electron chi connectivity index (χ2n) is 7.89. The molecular formula is C23H21F3N4O2. The van der Waals surface area contributed by atoms with Gasteiger partial charge >= 0.3 is 6.18 Å². The number of nitrogens with zero attached hydrogens (tertiary/aromatic N) is 2. The number of nitrogen functional groups attached to an aromatic ring is 1. The molecule has 0 aliphatic heterocycles. The maximum absolute atomic E-state index is 13.1. The highest BCUT2D eigenvalue weighted by atomic mass is 19.4. The lowest BCUT2D eigenvalue weighted by Gasteiger charge is -2.18. The van der Waals surface area contributed by atoms with Crippen molar-refractivity contribution in [3.63, 3.8) is 0 Å². The Morgan fingerprint density at radius 3 is 2.47 bits per heavy atom. The van der Waals surface area contributed by atoms with Gasteiger partial charge in [0.2, 0.25) is 0 Å². The normalized spacial score (nSPS) is 14.8. The molecule has 3 N–H and O–H groups in total. The van der Waals surface area contributed by atoms with Crippen LogP contribution < -0.4 is 16.6 Å². The van der Waals surface area contributed by atoms with Crippen LogP contribution in [0.25, 0.3) is 5.69 Å². The van der Waals surface area contributed by atoms with Gasteiger partial charge in [0.1, 0.15) is 5.69 Å². The molecule has 0 bridgehead atoms. The SMILES string of the molecule is CC(NC(=O)c1cc(C2CC2)c(=O)n(-c2ccccc2)n1)c1cc(N)cc(C(F)(F)F)c1. The van der Waals surface area contributed by atoms with Crippen molar-refractivity contribution >= 4 is 11.6 Å². The Hall–Kier alpha value is -3.62. The number of nitrogens with one attached hydrogen (secondary N) is 1. The predicted octanol–water partition coefficient (Wildman–Crippen LogP) is 4.20. The number of benzene rings is 2. The Morgan fingerprint density at radius 2 is 1.84 bits per heavy atom. The molecule has 1 atom stereocenters. The van der Waals surface area contributed by atoms with E-state index < -0.39 is 23.7 Å². The lowest BCUT2D eigenvalue weighted by atomic mass is 10.0. The topological polar surface area (TPSA) is 90.0 Å². The van der Waals surface area contributed by atoms with Gasteiger partial charge in [0.25, 0.3) is 11.5 Å². The fourth-order valence-electron chi connectivity index (χ4n) is 3.50. The molecule has 1 unspecified atom stereocenters. The molecule has 1 aromatic heterocycles. The van der Waals surface area contributed by atoms with Gasteiger partial charge in [-0.05, 0) is 67.6 Å². The summed E-state index contributed by atoms with van der Waals surface area (Å²) in [6.07, 6.45) is -2.84. The maximum Gasteiger partial charge on any atom is 0.416 e. The number of hydrogen-bond donors (Lipinski definition) is 2. The van der Waals surface area contributed by atoms with E-state index in [1.54, 1.807) is 37.3 Å². The second-order valence-corrected chi connectivity index (χ2v) is 7.89. The summed E-state index contributed by atoms with van der Waals surface area (Å²) in [6, 6.07) is 12.6. The number of amides is 1. The van der Waals surface area contributed by atoms with Crippen LogP contribution >= 0.6 is 0 Å². The van der Waals surface area contributed by atoms with E-state index in [0.29, 0.717) is 11.3 Å². The number of halogens is 3. The smallest absolute Gasteiger partial charge is 0.399 e. The van der Waals surface area contributed by atoms with Crippen molar-refractivity contribution in [1.29, 1.82) is 0 Å². The average molecular weight is 442 g/mol. The van der Waals surface area contributed by atoms with Crippen LogP contribution in [0, 0.1) is 0 Å². The quantitative estimate of drug-likeness (QED) is 0.580. The molecule has 1 heterocycles. The summed E-state index contributed by atoms with van der Waals surface area (Å²) >= 11 is 0. The minimum absolute atomic E-state index is 0.0159. The molecule has 32 heavy (non-hydrogen) atoms. The average Bonchev–Trinajstić information content (AvgIpc) is 3.58. The van der Waals surface area contributed by atoms with Gasteiger partial charge in [0.15, 0.2) is 0 Å². The van der Waals surface area contributed by atoms with E-state index in [1.165, 1.54) is 16.8 Å². The highest BCUT2D eigenvalue weighted by Gasteiger charge is 2.32. The molecule has 0 spiro atoms. The first-order valence-corrected chi connectivity index (χ1v) is 10.1. The van der Waals surface area contributed by atoms with Crippen molar-refractivity contribution < 1.29 is 18.0 Å². The van der Waals surface area contributed by atoms with E-state index in [2.05, 4.69) is 10.4 Å². The van der Waals surface area contributed by atoms with Crippen LogP contribution in [0.15, 0.2) is 59.4 Å². The van der Waals surface area contributed by atoms with Crippen molar-refractivity contribution in [3.8, 4) is 5.69 Å². The molecule has 1 amide bonds. The highest BCUT2D eigenvalue weighted by molar-refractivity contribution is 5.92. The van der Waals surface area contributed by atoms with Gasteiger partial charge in [0.05, 0.1) is 17.3 Å². The molecule has 1 fully saturated rings. The van der Waals surface area contributed by atoms with Crippen molar-refractivity contribution in [1.82, 2.24) is 15.1 Å². The van der Waals surface area contributed by atoms with E-state index in [9.17, 15) is 22.8 Å². The van der Waals surface area contributed by atoms with Gasteiger partial charge in [-0.25, -0.2) is 0 Å². The molecule has 1 saturated carbocycles. The zero-order valence-corrected chi connectivity index (χ0v) is 17.2. The molecule has 1 aliphatic rings. The number of anilines is 1. The van der Waals surface area contributed by atoms with Gasteiger partial charge in [0, 0.05) is 11.3 Å². The first-order chi connectivity index (χ1) is 15.1. The van der Waals surface area contributed by atoms with Crippen LogP contribution in [0.2, 0.25) is 0 Å². The second kappa shape index (κ2) is 8.14. The molecule has 3 aromatic rings. The molecular weight excluding hydrogens is 421 g/mol. The van der Waals surface area contributed by atoms with Gasteiger partial charge in [-0.3, -0.25) is 9.59 Å². The van der Waals surface area contributed by atoms with Crippen LogP contribution in [0.5, 0.6) is 0 Å². The zero-order chi connectivity index (χ0) is 23.0. The summed E-state index contributed by atoms with van der Waals surface area (Å²) in [7, 11) is 0. The molecule has 0 radical (unpaired) electrons. The Labute approximate surface area is 181 Å². The third kappa shape index (κ3) is 4.51. The minimum atomic E-state index is -4.56. The lowest BCUT2D eigenvalue weighted by Crippen LogP contribution is -2.32. The number of alkyl halides is 3. The number of para-hydroxylation sites is 1. The fourth-order valence-corrected chi connectivity index (χ4v) is 3.50. The molecule has 4 rings (SSSR count). The number of rotatable bonds is 5. The Bertz CT molecular complexity index is 1220. The summed E-state index contributed by atoms with van der Waals surface area (Å²) in [5.74, 6) is -0.521. The Kier molecular flexibility index (Phi) is 5.50. The summed E-state index contributed by atoms with van der Waals surface area (Å²) in [5, 5.41) is 6.89. The molecule has 166 valence electrons. The van der Waals surface area contributed by atoms with E-state index in [0.717, 1.165) is 25.0 Å². The molecule has 9 heteroatoms. The van der Waals surface area contributed by atoms with Crippen LogP contribution in [-0.2, 0) is 6.18 Å². The van der Waals surface area contributed by atoms with Gasteiger partial charge in [-0.1, -0.05) is 18.2 Å². The number of carbonyl (C=O) groups excluding carboxylic acids is 1. The van der Waals surface area contributed by atoms with E-state index in [1.807, 2.05) is 0 Å². The number of nitrogens with two attached hydrogens (primary N) is 1. The van der Waals surface area contributed by atoms with Gasteiger partial charge < -0.3 is 11.1 Å². The lowest BCUT2D eigenvalue weighted by molar-refractivity contribution is -0.137. The summed E-state index contributed by atoms with van der Waals surface area (Å²) in [4.78, 5) is 25.8. The van der Waals surface area contributed by atoms with Crippen LogP contribution in [0.4, 0.5) is 18.9 Å². The Balaban J connectivity index is 1.66. The van der Waals surface area contributed by atoms with Crippen molar-refractivity contribution in [2.24, 2.45) is 0 Å². The number of aromatic nitrogens is 2. The van der Waals surface area contributed by atoms with Crippen molar-refractivity contribution in [3.05, 3.63) is 87.3 Å². The third-order valence-electron chi connectivity index (χ3n) is 5.34. The van der Waals surface area contributed by atoms with Crippen LogP contribution in [-0.4, -0.2) is 15.7 Å². The molecule has 1 aliphatic carbocycles. The van der Waals surface area contributed by atoms with E-state index in [4.69, 9.17) is 5.73 Å². The van der Waals surface area contributed by atoms with Crippen LogP contribution in [0.3, 0.4) is 0 Å².